The van der Waals surface area contributed by atoms with Crippen molar-refractivity contribution in [3.8, 4) is 0 Å². The van der Waals surface area contributed by atoms with Gasteiger partial charge in [0.2, 0.25) is 0 Å². The van der Waals surface area contributed by atoms with E-state index in [0.29, 0.717) is 30.0 Å². The van der Waals surface area contributed by atoms with Gasteiger partial charge in [0.15, 0.2) is 5.13 Å². The average molecular weight is 480 g/mol. The SMILES string of the molecule is ClCCN(CCCl)c1nc(Cl)c(C2CC(c3ccccc3)=NN2c2ccccc2)s1. The first-order chi connectivity index (χ1) is 14.7. The van der Waals surface area contributed by atoms with Crippen LogP contribution in [-0.4, -0.2) is 35.5 Å². The van der Waals surface area contributed by atoms with Gasteiger partial charge in [-0.25, -0.2) is 4.98 Å². The number of thiazole rings is 1. The number of hydrazone groups is 1. The van der Waals surface area contributed by atoms with Crippen LogP contribution in [0.5, 0.6) is 0 Å². The molecule has 30 heavy (non-hydrogen) atoms. The Hall–Kier alpha value is -1.79. The van der Waals surface area contributed by atoms with Gasteiger partial charge in [0.1, 0.15) is 5.15 Å². The maximum Gasteiger partial charge on any atom is 0.187 e. The van der Waals surface area contributed by atoms with Gasteiger partial charge in [-0.2, -0.15) is 5.10 Å². The molecule has 4 nitrogen and oxygen atoms in total. The Kier molecular flexibility index (Phi) is 7.16. The van der Waals surface area contributed by atoms with Crippen molar-refractivity contribution < 1.29 is 0 Å². The Morgan fingerprint density at radius 1 is 0.967 bits per heavy atom. The molecule has 1 unspecified atom stereocenters. The standard InChI is InChI=1S/C22H21Cl3N4S/c23-11-13-28(14-12-24)22-26-21(25)20(30-22)19-15-18(16-7-3-1-4-8-16)27-29(19)17-9-5-2-6-10-17/h1-10,19H,11-15H2. The molecule has 8 heteroatoms. The van der Waals surface area contributed by atoms with Crippen LogP contribution in [0.3, 0.4) is 0 Å². The molecule has 0 radical (unpaired) electrons. The van der Waals surface area contributed by atoms with Gasteiger partial charge in [0.25, 0.3) is 0 Å². The maximum atomic E-state index is 6.64. The van der Waals surface area contributed by atoms with Crippen LogP contribution in [-0.2, 0) is 0 Å². The third-order valence-corrected chi connectivity index (χ3v) is 6.87. The molecule has 3 aromatic rings. The van der Waals surface area contributed by atoms with E-state index in [4.69, 9.17) is 39.9 Å². The van der Waals surface area contributed by atoms with Crippen molar-refractivity contribution in [1.82, 2.24) is 4.98 Å². The average Bonchev–Trinajstić information content (AvgIpc) is 3.39. The largest absolute Gasteiger partial charge is 0.346 e. The van der Waals surface area contributed by atoms with Crippen molar-refractivity contribution >= 4 is 62.7 Å². The number of anilines is 2. The predicted octanol–water partition coefficient (Wildman–Crippen LogP) is 6.44. The summed E-state index contributed by atoms with van der Waals surface area (Å²) in [6, 6.07) is 20.4. The van der Waals surface area contributed by atoms with Crippen molar-refractivity contribution in [1.29, 1.82) is 0 Å². The number of para-hydroxylation sites is 1. The van der Waals surface area contributed by atoms with Crippen LogP contribution in [0.15, 0.2) is 65.8 Å². The first-order valence-corrected chi connectivity index (χ1v) is 12.0. The second-order valence-electron chi connectivity index (χ2n) is 6.83. The molecule has 2 aromatic carbocycles. The number of rotatable bonds is 8. The maximum absolute atomic E-state index is 6.64. The molecular formula is C22H21Cl3N4S. The van der Waals surface area contributed by atoms with Crippen molar-refractivity contribution in [2.45, 2.75) is 12.5 Å². The molecule has 1 aliphatic rings. The second kappa shape index (κ2) is 10.0. The van der Waals surface area contributed by atoms with E-state index in [2.05, 4.69) is 39.2 Å². The Balaban J connectivity index is 1.70. The molecule has 0 aliphatic carbocycles. The zero-order chi connectivity index (χ0) is 20.9. The lowest BCUT2D eigenvalue weighted by Gasteiger charge is -2.23. The molecule has 1 aliphatic heterocycles. The monoisotopic (exact) mass is 478 g/mol. The van der Waals surface area contributed by atoms with E-state index in [1.54, 1.807) is 11.3 Å². The molecule has 0 bridgehead atoms. The molecule has 1 aromatic heterocycles. The lowest BCUT2D eigenvalue weighted by atomic mass is 10.0. The minimum absolute atomic E-state index is 0.0183. The highest BCUT2D eigenvalue weighted by atomic mass is 35.5. The summed E-state index contributed by atoms with van der Waals surface area (Å²) in [6.07, 6.45) is 0.755. The summed E-state index contributed by atoms with van der Waals surface area (Å²) in [7, 11) is 0. The van der Waals surface area contributed by atoms with Crippen LogP contribution in [0.1, 0.15) is 22.9 Å². The fourth-order valence-corrected chi connectivity index (χ4v) is 5.36. The van der Waals surface area contributed by atoms with Crippen LogP contribution < -0.4 is 9.91 Å². The van der Waals surface area contributed by atoms with E-state index in [-0.39, 0.29) is 6.04 Å². The highest BCUT2D eigenvalue weighted by molar-refractivity contribution is 7.16. The summed E-state index contributed by atoms with van der Waals surface area (Å²) in [6.45, 7) is 1.35. The zero-order valence-corrected chi connectivity index (χ0v) is 19.3. The summed E-state index contributed by atoms with van der Waals surface area (Å²) in [4.78, 5) is 7.72. The van der Waals surface area contributed by atoms with Crippen LogP contribution in [0.25, 0.3) is 0 Å². The van der Waals surface area contributed by atoms with Crippen molar-refractivity contribution in [3.05, 3.63) is 76.3 Å². The van der Waals surface area contributed by atoms with Gasteiger partial charge in [-0.15, -0.1) is 23.2 Å². The highest BCUT2D eigenvalue weighted by Crippen LogP contribution is 2.43. The molecule has 0 fully saturated rings. The van der Waals surface area contributed by atoms with Crippen molar-refractivity contribution in [2.75, 3.05) is 34.8 Å². The molecular weight excluding hydrogens is 459 g/mol. The lowest BCUT2D eigenvalue weighted by molar-refractivity contribution is 0.720. The number of alkyl halides is 2. The number of benzene rings is 2. The predicted molar refractivity (Wildman–Crippen MR) is 130 cm³/mol. The molecule has 2 heterocycles. The van der Waals surface area contributed by atoms with E-state index >= 15 is 0 Å². The molecule has 0 spiro atoms. The number of aromatic nitrogens is 1. The second-order valence-corrected chi connectivity index (χ2v) is 8.95. The lowest BCUT2D eigenvalue weighted by Crippen LogP contribution is -2.27. The van der Waals surface area contributed by atoms with E-state index < -0.39 is 0 Å². The molecule has 0 amide bonds. The number of hydrogen-bond donors (Lipinski definition) is 0. The minimum atomic E-state index is -0.0183. The fourth-order valence-electron chi connectivity index (χ4n) is 3.49. The number of halogens is 3. The summed E-state index contributed by atoms with van der Waals surface area (Å²) >= 11 is 20.2. The smallest absolute Gasteiger partial charge is 0.187 e. The highest BCUT2D eigenvalue weighted by Gasteiger charge is 2.34. The van der Waals surface area contributed by atoms with Crippen molar-refractivity contribution in [3.63, 3.8) is 0 Å². The van der Waals surface area contributed by atoms with E-state index in [0.717, 1.165) is 33.4 Å². The normalized spacial score (nSPS) is 16.0. The molecule has 1 atom stereocenters. The van der Waals surface area contributed by atoms with Gasteiger partial charge in [0.05, 0.1) is 22.3 Å². The Bertz CT molecular complexity index is 988. The van der Waals surface area contributed by atoms with Gasteiger partial charge < -0.3 is 4.90 Å². The summed E-state index contributed by atoms with van der Waals surface area (Å²) in [5.74, 6) is 1.01. The van der Waals surface area contributed by atoms with Crippen LogP contribution in [0.2, 0.25) is 5.15 Å². The topological polar surface area (TPSA) is 31.7 Å². The van der Waals surface area contributed by atoms with Crippen LogP contribution in [0, 0.1) is 0 Å². The van der Waals surface area contributed by atoms with E-state index in [1.807, 2.05) is 36.4 Å². The van der Waals surface area contributed by atoms with Crippen LogP contribution in [0.4, 0.5) is 10.8 Å². The summed E-state index contributed by atoms with van der Waals surface area (Å²) in [5, 5.41) is 8.38. The molecule has 4 rings (SSSR count). The Morgan fingerprint density at radius 2 is 1.60 bits per heavy atom. The third kappa shape index (κ3) is 4.59. The van der Waals surface area contributed by atoms with Gasteiger partial charge in [0, 0.05) is 31.3 Å². The van der Waals surface area contributed by atoms with Gasteiger partial charge in [-0.1, -0.05) is 71.5 Å². The molecule has 0 saturated carbocycles. The van der Waals surface area contributed by atoms with Gasteiger partial charge >= 0.3 is 0 Å². The van der Waals surface area contributed by atoms with Crippen molar-refractivity contribution in [2.24, 2.45) is 5.10 Å². The molecule has 0 saturated heterocycles. The minimum Gasteiger partial charge on any atom is -0.346 e. The Labute approximate surface area is 195 Å². The van der Waals surface area contributed by atoms with E-state index in [9.17, 15) is 0 Å². The first-order valence-electron chi connectivity index (χ1n) is 9.71. The van der Waals surface area contributed by atoms with E-state index in [1.165, 1.54) is 0 Å². The number of hydrogen-bond acceptors (Lipinski definition) is 5. The first kappa shape index (κ1) is 21.4. The molecule has 156 valence electrons. The molecule has 0 N–H and O–H groups in total. The summed E-state index contributed by atoms with van der Waals surface area (Å²) < 4.78 is 0. The third-order valence-electron chi connectivity index (χ3n) is 4.92. The number of nitrogens with zero attached hydrogens (tertiary/aromatic N) is 4. The summed E-state index contributed by atoms with van der Waals surface area (Å²) in [5.41, 5.74) is 3.18. The van der Waals surface area contributed by atoms with Crippen LogP contribution >= 0.6 is 46.1 Å². The quantitative estimate of drug-likeness (QED) is 0.349. The Morgan fingerprint density at radius 3 is 2.23 bits per heavy atom. The fraction of sp³-hybridized carbons (Fsp3) is 0.273. The van der Waals surface area contributed by atoms with Gasteiger partial charge in [-0.3, -0.25) is 5.01 Å². The van der Waals surface area contributed by atoms with Gasteiger partial charge in [-0.05, 0) is 17.7 Å². The zero-order valence-electron chi connectivity index (χ0n) is 16.2.